The number of benzene rings is 1. The van der Waals surface area contributed by atoms with Crippen molar-refractivity contribution in [2.24, 2.45) is 17.8 Å². The van der Waals surface area contributed by atoms with E-state index in [1.54, 1.807) is 0 Å². The summed E-state index contributed by atoms with van der Waals surface area (Å²) < 4.78 is 7.41. The van der Waals surface area contributed by atoms with E-state index in [4.69, 9.17) is 11.3 Å². The first-order valence-corrected chi connectivity index (χ1v) is 11.0. The summed E-state index contributed by atoms with van der Waals surface area (Å²) in [5, 5.41) is 3.09. The molecule has 0 bridgehead atoms. The van der Waals surface area contributed by atoms with E-state index in [1.807, 2.05) is 31.2 Å². The number of H-pyrrole nitrogens is 1. The fraction of sp³-hybridized carbons (Fsp3) is 0.440. The smallest absolute Gasteiger partial charge is 0.331 e. The van der Waals surface area contributed by atoms with Crippen molar-refractivity contribution in [3.63, 3.8) is 0 Å². The Hall–Kier alpha value is -3.40. The van der Waals surface area contributed by atoms with Gasteiger partial charge < -0.3 is 4.74 Å². The lowest BCUT2D eigenvalue weighted by atomic mass is 9.75. The van der Waals surface area contributed by atoms with Crippen molar-refractivity contribution in [2.75, 3.05) is 0 Å². The zero-order valence-corrected chi connectivity index (χ0v) is 19.1. The summed E-state index contributed by atoms with van der Waals surface area (Å²) in [6, 6.07) is 7.76. The molecule has 2 atom stereocenters. The SMILES string of the molecule is [C-]#[N+]c1c(C(=O)OC2C(C)CC(C)CC2C)c2nc(-c3ccc(C)cc3)[nH]n2c1C(C)=O. The van der Waals surface area contributed by atoms with Crippen LogP contribution in [0.1, 0.15) is 66.9 Å². The molecule has 166 valence electrons. The molecule has 3 aromatic rings. The van der Waals surface area contributed by atoms with Crippen LogP contribution in [0.3, 0.4) is 0 Å². The Bertz CT molecular complexity index is 1220. The summed E-state index contributed by atoms with van der Waals surface area (Å²) in [4.78, 5) is 33.9. The van der Waals surface area contributed by atoms with E-state index in [1.165, 1.54) is 11.4 Å². The first-order chi connectivity index (χ1) is 15.2. The second-order valence-electron chi connectivity index (χ2n) is 9.24. The van der Waals surface area contributed by atoms with Gasteiger partial charge in [0.05, 0.1) is 6.57 Å². The molecule has 7 heteroatoms. The van der Waals surface area contributed by atoms with Gasteiger partial charge in [-0.1, -0.05) is 50.6 Å². The number of nitrogens with zero attached hydrogens (tertiary/aromatic N) is 3. The van der Waals surface area contributed by atoms with Crippen LogP contribution in [0.5, 0.6) is 0 Å². The van der Waals surface area contributed by atoms with Crippen molar-refractivity contribution in [1.82, 2.24) is 14.6 Å². The minimum Gasteiger partial charge on any atom is -0.459 e. The Labute approximate surface area is 187 Å². The highest BCUT2D eigenvalue weighted by atomic mass is 16.5. The number of fused-ring (bicyclic) bond motifs is 1. The molecule has 0 saturated heterocycles. The number of hydrogen-bond acceptors (Lipinski definition) is 4. The lowest BCUT2D eigenvalue weighted by molar-refractivity contribution is -0.0249. The number of aromatic amines is 1. The van der Waals surface area contributed by atoms with Gasteiger partial charge in [0.15, 0.2) is 17.3 Å². The molecule has 0 radical (unpaired) electrons. The van der Waals surface area contributed by atoms with Gasteiger partial charge in [-0.15, -0.1) is 0 Å². The average Bonchev–Trinajstić information content (AvgIpc) is 3.27. The number of esters is 1. The molecule has 2 heterocycles. The lowest BCUT2D eigenvalue weighted by Gasteiger charge is -2.37. The molecule has 0 spiro atoms. The molecule has 1 saturated carbocycles. The Morgan fingerprint density at radius 2 is 1.78 bits per heavy atom. The van der Waals surface area contributed by atoms with Crippen molar-refractivity contribution in [1.29, 1.82) is 0 Å². The monoisotopic (exact) mass is 432 g/mol. The Morgan fingerprint density at radius 1 is 1.16 bits per heavy atom. The van der Waals surface area contributed by atoms with Crippen molar-refractivity contribution >= 4 is 23.1 Å². The molecule has 1 aromatic carbocycles. The second-order valence-corrected chi connectivity index (χ2v) is 9.24. The van der Waals surface area contributed by atoms with Gasteiger partial charge in [0, 0.05) is 5.56 Å². The van der Waals surface area contributed by atoms with E-state index < -0.39 is 5.97 Å². The molecule has 4 rings (SSSR count). The van der Waals surface area contributed by atoms with Gasteiger partial charge in [-0.3, -0.25) is 9.89 Å². The Balaban J connectivity index is 1.80. The van der Waals surface area contributed by atoms with Crippen molar-refractivity contribution < 1.29 is 14.3 Å². The molecule has 2 unspecified atom stereocenters. The van der Waals surface area contributed by atoms with Crippen LogP contribution in [-0.4, -0.2) is 32.5 Å². The molecule has 1 aliphatic rings. The predicted molar refractivity (Wildman–Crippen MR) is 122 cm³/mol. The normalized spacial score (nSPS) is 23.1. The van der Waals surface area contributed by atoms with Gasteiger partial charge in [-0.05, 0) is 44.4 Å². The quantitative estimate of drug-likeness (QED) is 0.330. The second kappa shape index (κ2) is 8.27. The number of ether oxygens (including phenoxy) is 1. The number of ketones is 1. The fourth-order valence-electron chi connectivity index (χ4n) is 5.07. The van der Waals surface area contributed by atoms with Gasteiger partial charge >= 0.3 is 5.97 Å². The highest BCUT2D eigenvalue weighted by Gasteiger charge is 2.37. The van der Waals surface area contributed by atoms with Crippen molar-refractivity contribution in [3.8, 4) is 11.4 Å². The van der Waals surface area contributed by atoms with Gasteiger partial charge in [-0.2, -0.15) is 0 Å². The molecule has 1 N–H and O–H groups in total. The maximum Gasteiger partial charge on any atom is 0.331 e. The summed E-state index contributed by atoms with van der Waals surface area (Å²) in [5.41, 5.74) is 2.33. The molecule has 0 amide bonds. The van der Waals surface area contributed by atoms with Crippen molar-refractivity contribution in [3.05, 3.63) is 52.5 Å². The van der Waals surface area contributed by atoms with Crippen LogP contribution in [0.4, 0.5) is 5.69 Å². The van der Waals surface area contributed by atoms with Crippen molar-refractivity contribution in [2.45, 2.75) is 53.6 Å². The number of rotatable bonds is 4. The average molecular weight is 433 g/mol. The maximum absolute atomic E-state index is 13.4. The van der Waals surface area contributed by atoms with Crippen LogP contribution in [0.2, 0.25) is 0 Å². The number of nitrogens with one attached hydrogen (secondary N) is 1. The number of carbonyl (C=O) groups excluding carboxylic acids is 2. The largest absolute Gasteiger partial charge is 0.459 e. The standard InChI is InChI=1S/C25H28N4O3/c1-13-7-9-18(10-8-13)23-27-24-19(20(26-6)21(17(5)30)29(24)28-23)25(31)32-22-15(3)11-14(2)12-16(22)4/h7-10,14-16,22H,11-12H2,1-5H3,(H,27,28). The molecule has 7 nitrogen and oxygen atoms in total. The van der Waals surface area contributed by atoms with Crippen LogP contribution >= 0.6 is 0 Å². The molecule has 32 heavy (non-hydrogen) atoms. The maximum atomic E-state index is 13.4. The molecular formula is C25H28N4O3. The van der Waals surface area contributed by atoms with E-state index in [0.29, 0.717) is 11.7 Å². The fourth-order valence-corrected chi connectivity index (χ4v) is 5.07. The number of aryl methyl sites for hydroxylation is 1. The third kappa shape index (κ3) is 3.70. The molecule has 1 fully saturated rings. The number of aromatic nitrogens is 3. The lowest BCUT2D eigenvalue weighted by Crippen LogP contribution is -2.37. The third-order valence-corrected chi connectivity index (χ3v) is 6.44. The molecule has 1 aliphatic carbocycles. The van der Waals surface area contributed by atoms with Gasteiger partial charge in [0.2, 0.25) is 5.69 Å². The van der Waals surface area contributed by atoms with E-state index in [2.05, 4.69) is 35.7 Å². The highest BCUT2D eigenvalue weighted by molar-refractivity contribution is 6.11. The minimum absolute atomic E-state index is 0.0128. The molecule has 0 aliphatic heterocycles. The zero-order chi connectivity index (χ0) is 23.2. The number of hydrogen-bond donors (Lipinski definition) is 1. The number of Topliss-reactive ketones (excluding diaryl/α,β-unsaturated/α-hetero) is 1. The van der Waals surface area contributed by atoms with E-state index in [0.717, 1.165) is 24.0 Å². The third-order valence-electron chi connectivity index (χ3n) is 6.44. The summed E-state index contributed by atoms with van der Waals surface area (Å²) in [7, 11) is 0. The van der Waals surface area contributed by atoms with Crippen LogP contribution < -0.4 is 0 Å². The summed E-state index contributed by atoms with van der Waals surface area (Å²) in [6.45, 7) is 17.4. The van der Waals surface area contributed by atoms with E-state index in [9.17, 15) is 9.59 Å². The van der Waals surface area contributed by atoms with Gasteiger partial charge in [0.25, 0.3) is 0 Å². The van der Waals surface area contributed by atoms with Crippen LogP contribution in [0.25, 0.3) is 21.9 Å². The molecule has 2 aromatic heterocycles. The first kappa shape index (κ1) is 21.8. The van der Waals surface area contributed by atoms with Crippen LogP contribution in [0.15, 0.2) is 24.3 Å². The number of carbonyl (C=O) groups is 2. The minimum atomic E-state index is -0.596. The first-order valence-electron chi connectivity index (χ1n) is 11.0. The van der Waals surface area contributed by atoms with Crippen LogP contribution in [0, 0.1) is 31.2 Å². The highest BCUT2D eigenvalue weighted by Crippen LogP contribution is 2.38. The molecular weight excluding hydrogens is 404 g/mol. The van der Waals surface area contributed by atoms with Crippen LogP contribution in [-0.2, 0) is 4.74 Å². The van der Waals surface area contributed by atoms with Gasteiger partial charge in [0.1, 0.15) is 17.4 Å². The Kier molecular flexibility index (Phi) is 5.64. The zero-order valence-electron chi connectivity index (χ0n) is 19.1. The topological polar surface area (TPSA) is 80.8 Å². The Morgan fingerprint density at radius 3 is 2.34 bits per heavy atom. The summed E-state index contributed by atoms with van der Waals surface area (Å²) >= 11 is 0. The summed E-state index contributed by atoms with van der Waals surface area (Å²) in [5.74, 6) is 0.631. The van der Waals surface area contributed by atoms with E-state index >= 15 is 0 Å². The van der Waals surface area contributed by atoms with Gasteiger partial charge in [-0.25, -0.2) is 19.1 Å². The summed E-state index contributed by atoms with van der Waals surface area (Å²) in [6.07, 6.45) is 1.74. The van der Waals surface area contributed by atoms with E-state index in [-0.39, 0.29) is 46.3 Å². The predicted octanol–water partition coefficient (Wildman–Crippen LogP) is 5.62.